The maximum absolute atomic E-state index is 12.4. The number of hydrogen-bond donors (Lipinski definition) is 0. The van der Waals surface area contributed by atoms with Crippen LogP contribution in [0.1, 0.15) is 31.9 Å². The highest BCUT2D eigenvalue weighted by atomic mass is 32.2. The Morgan fingerprint density at radius 1 is 1.16 bits per heavy atom. The topological polar surface area (TPSA) is 66.8 Å². The number of benzene rings is 1. The van der Waals surface area contributed by atoms with Gasteiger partial charge >= 0.3 is 0 Å². The van der Waals surface area contributed by atoms with Crippen molar-refractivity contribution in [3.8, 4) is 0 Å². The van der Waals surface area contributed by atoms with Gasteiger partial charge in [-0.25, -0.2) is 8.42 Å². The summed E-state index contributed by atoms with van der Waals surface area (Å²) in [6, 6.07) is 5.96. The number of rotatable bonds is 1. The number of amides is 1. The van der Waals surface area contributed by atoms with Gasteiger partial charge < -0.3 is 4.90 Å². The first-order valence-corrected chi connectivity index (χ1v) is 11.0. The zero-order valence-electron chi connectivity index (χ0n) is 15.2. The number of carbonyl (C=O) groups is 1. The largest absolute Gasteiger partial charge is 0.316 e. The lowest BCUT2D eigenvalue weighted by molar-refractivity contribution is -0.124. The van der Waals surface area contributed by atoms with Gasteiger partial charge in [0.2, 0.25) is 0 Å². The summed E-state index contributed by atoms with van der Waals surface area (Å²) in [5.74, 6) is 0.0689. The molecule has 0 radical (unpaired) electrons. The second kappa shape index (κ2) is 6.13. The molecule has 2 fully saturated rings. The number of aryl methyl sites for hydroxylation is 2. The van der Waals surface area contributed by atoms with Crippen molar-refractivity contribution < 1.29 is 13.2 Å². The van der Waals surface area contributed by atoms with Gasteiger partial charge in [0.15, 0.2) is 15.0 Å². The van der Waals surface area contributed by atoms with E-state index >= 15 is 0 Å². The van der Waals surface area contributed by atoms with E-state index in [1.165, 1.54) is 11.8 Å². The minimum atomic E-state index is -3.05. The molecule has 7 heteroatoms. The number of nitrogens with zero attached hydrogens (tertiary/aromatic N) is 2. The molecule has 5 nitrogen and oxygen atoms in total. The molecule has 136 valence electrons. The van der Waals surface area contributed by atoms with Gasteiger partial charge in [0.1, 0.15) is 0 Å². The predicted octanol–water partition coefficient (Wildman–Crippen LogP) is 2.95. The van der Waals surface area contributed by atoms with Crippen LogP contribution < -0.4 is 4.90 Å². The monoisotopic (exact) mass is 380 g/mol. The molecule has 2 heterocycles. The smallest absolute Gasteiger partial charge is 0.253 e. The fraction of sp³-hybridized carbons (Fsp3) is 0.556. The number of carbonyl (C=O) groups excluding carboxylic acids is 1. The minimum Gasteiger partial charge on any atom is -0.316 e. The van der Waals surface area contributed by atoms with E-state index < -0.39 is 15.3 Å². The first-order chi connectivity index (χ1) is 11.5. The van der Waals surface area contributed by atoms with Crippen molar-refractivity contribution in [3.05, 3.63) is 29.3 Å². The molecule has 0 spiro atoms. The van der Waals surface area contributed by atoms with Crippen molar-refractivity contribution in [2.45, 2.75) is 45.9 Å². The summed E-state index contributed by atoms with van der Waals surface area (Å²) in [6.07, 6.45) is 0. The number of sulfone groups is 1. The zero-order valence-corrected chi connectivity index (χ0v) is 16.9. The summed E-state index contributed by atoms with van der Waals surface area (Å²) < 4.78 is 24.2. The molecule has 1 amide bonds. The lowest BCUT2D eigenvalue weighted by Crippen LogP contribution is -2.38. The molecule has 2 aliphatic rings. The van der Waals surface area contributed by atoms with Crippen molar-refractivity contribution in [1.29, 1.82) is 0 Å². The molecule has 1 aromatic rings. The van der Waals surface area contributed by atoms with Gasteiger partial charge in [0, 0.05) is 16.4 Å². The van der Waals surface area contributed by atoms with Gasteiger partial charge in [-0.15, -0.1) is 0 Å². The van der Waals surface area contributed by atoms with Crippen LogP contribution in [-0.2, 0) is 14.6 Å². The molecule has 2 saturated heterocycles. The molecular formula is C18H24N2O3S2. The first-order valence-electron chi connectivity index (χ1n) is 8.34. The Labute approximate surface area is 153 Å². The molecule has 1 aromatic carbocycles. The van der Waals surface area contributed by atoms with Crippen molar-refractivity contribution in [3.63, 3.8) is 0 Å². The van der Waals surface area contributed by atoms with Crippen LogP contribution in [-0.4, -0.2) is 42.3 Å². The molecule has 25 heavy (non-hydrogen) atoms. The van der Waals surface area contributed by atoms with Gasteiger partial charge in [-0.2, -0.15) is 4.99 Å². The van der Waals surface area contributed by atoms with Crippen LogP contribution in [0.25, 0.3) is 0 Å². The van der Waals surface area contributed by atoms with Crippen LogP contribution in [0.2, 0.25) is 0 Å². The SMILES string of the molecule is Cc1cc(C)cc(N2C(=NC(=O)C(C)(C)C)S[C@H]3CS(=O)(=O)C[C@@H]32)c1. The maximum atomic E-state index is 12.4. The molecule has 0 aliphatic carbocycles. The summed E-state index contributed by atoms with van der Waals surface area (Å²) in [5, 5.41) is 0.548. The highest BCUT2D eigenvalue weighted by molar-refractivity contribution is 8.16. The maximum Gasteiger partial charge on any atom is 0.253 e. The average molecular weight is 381 g/mol. The van der Waals surface area contributed by atoms with Crippen molar-refractivity contribution in [1.82, 2.24) is 0 Å². The lowest BCUT2D eigenvalue weighted by Gasteiger charge is -2.26. The van der Waals surface area contributed by atoms with Crippen molar-refractivity contribution in [2.24, 2.45) is 10.4 Å². The second-order valence-corrected chi connectivity index (χ2v) is 11.3. The van der Waals surface area contributed by atoms with Gasteiger partial charge in [-0.3, -0.25) is 4.79 Å². The van der Waals surface area contributed by atoms with Crippen LogP contribution in [0.3, 0.4) is 0 Å². The van der Waals surface area contributed by atoms with Gasteiger partial charge in [-0.1, -0.05) is 38.6 Å². The second-order valence-electron chi connectivity index (χ2n) is 7.97. The molecule has 0 N–H and O–H groups in total. The standard InChI is InChI=1S/C18H24N2O3S2/c1-11-6-12(2)8-13(7-11)20-14-9-25(22,23)10-15(14)24-17(20)19-16(21)18(3,4)5/h6-8,14-15H,9-10H2,1-5H3/t14-,15-/m0/s1. The van der Waals surface area contributed by atoms with Crippen LogP contribution in [0.4, 0.5) is 5.69 Å². The van der Waals surface area contributed by atoms with E-state index in [1.54, 1.807) is 0 Å². The number of fused-ring (bicyclic) bond motifs is 1. The molecule has 0 bridgehead atoms. The van der Waals surface area contributed by atoms with E-state index in [1.807, 2.05) is 51.7 Å². The number of amidine groups is 1. The van der Waals surface area contributed by atoms with Crippen LogP contribution in [0.15, 0.2) is 23.2 Å². The number of hydrogen-bond acceptors (Lipinski definition) is 4. The third kappa shape index (κ3) is 3.77. The molecule has 0 aromatic heterocycles. The first kappa shape index (κ1) is 18.5. The Hall–Kier alpha value is -1.34. The number of anilines is 1. The molecule has 3 rings (SSSR count). The normalized spacial score (nSPS) is 26.9. The molecule has 2 atom stereocenters. The number of thioether (sulfide) groups is 1. The Morgan fingerprint density at radius 3 is 2.32 bits per heavy atom. The van der Waals surface area contributed by atoms with E-state index in [0.29, 0.717) is 5.17 Å². The molecular weight excluding hydrogens is 356 g/mol. The Balaban J connectivity index is 2.07. The van der Waals surface area contributed by atoms with Gasteiger partial charge in [-0.05, 0) is 37.1 Å². The quantitative estimate of drug-likeness (QED) is 0.749. The molecule has 0 unspecified atom stereocenters. The van der Waals surface area contributed by atoms with E-state index in [4.69, 9.17) is 0 Å². The lowest BCUT2D eigenvalue weighted by atomic mass is 9.96. The van der Waals surface area contributed by atoms with E-state index in [-0.39, 0.29) is 28.7 Å². The van der Waals surface area contributed by atoms with Crippen LogP contribution >= 0.6 is 11.8 Å². The summed E-state index contributed by atoms with van der Waals surface area (Å²) in [7, 11) is -3.05. The van der Waals surface area contributed by atoms with Gasteiger partial charge in [0.25, 0.3) is 5.91 Å². The predicted molar refractivity (Wildman–Crippen MR) is 104 cm³/mol. The average Bonchev–Trinajstić information content (AvgIpc) is 2.87. The fourth-order valence-corrected chi connectivity index (χ4v) is 7.12. The van der Waals surface area contributed by atoms with E-state index in [9.17, 15) is 13.2 Å². The van der Waals surface area contributed by atoms with Gasteiger partial charge in [0.05, 0.1) is 17.5 Å². The Kier molecular flexibility index (Phi) is 4.52. The summed E-state index contributed by atoms with van der Waals surface area (Å²) >= 11 is 1.42. The minimum absolute atomic E-state index is 0.0719. The van der Waals surface area contributed by atoms with E-state index in [0.717, 1.165) is 16.8 Å². The fourth-order valence-electron chi connectivity index (χ4n) is 3.21. The van der Waals surface area contributed by atoms with Crippen molar-refractivity contribution in [2.75, 3.05) is 16.4 Å². The zero-order chi connectivity index (χ0) is 18.6. The highest BCUT2D eigenvalue weighted by Gasteiger charge is 2.49. The van der Waals surface area contributed by atoms with Crippen LogP contribution in [0.5, 0.6) is 0 Å². The Bertz CT molecular complexity index is 833. The molecule has 2 aliphatic heterocycles. The van der Waals surface area contributed by atoms with Crippen LogP contribution in [0, 0.1) is 19.3 Å². The number of aliphatic imine (C=N–C) groups is 1. The summed E-state index contributed by atoms with van der Waals surface area (Å²) in [5.41, 5.74) is 2.55. The van der Waals surface area contributed by atoms with Crippen molar-refractivity contribution >= 4 is 38.4 Å². The third-order valence-corrected chi connectivity index (χ3v) is 7.60. The highest BCUT2D eigenvalue weighted by Crippen LogP contribution is 2.41. The Morgan fingerprint density at radius 2 is 1.76 bits per heavy atom. The van der Waals surface area contributed by atoms with E-state index in [2.05, 4.69) is 11.1 Å². The third-order valence-electron chi connectivity index (χ3n) is 4.39. The summed E-state index contributed by atoms with van der Waals surface area (Å²) in [4.78, 5) is 18.8. The summed E-state index contributed by atoms with van der Waals surface area (Å²) in [6.45, 7) is 9.54. The molecule has 0 saturated carbocycles.